The number of nitrogens with zero attached hydrogens (tertiary/aromatic N) is 1. The Morgan fingerprint density at radius 1 is 1.36 bits per heavy atom. The third-order valence-electron chi connectivity index (χ3n) is 1.15. The van der Waals surface area contributed by atoms with Crippen molar-refractivity contribution in [2.45, 2.75) is 6.92 Å². The second-order valence-corrected chi connectivity index (χ2v) is 2.78. The van der Waals surface area contributed by atoms with Crippen molar-refractivity contribution in [3.05, 3.63) is 36.5 Å². The third kappa shape index (κ3) is 7.07. The minimum atomic E-state index is 0.925. The van der Waals surface area contributed by atoms with Crippen LogP contribution in [0.2, 0.25) is 0 Å². The van der Waals surface area contributed by atoms with E-state index < -0.39 is 0 Å². The Morgan fingerprint density at radius 2 is 2.00 bits per heavy atom. The summed E-state index contributed by atoms with van der Waals surface area (Å²) in [5.41, 5.74) is 1.13. The summed E-state index contributed by atoms with van der Waals surface area (Å²) in [5.74, 6) is 0. The first-order valence-electron chi connectivity index (χ1n) is 3.78. The zero-order valence-electron chi connectivity index (χ0n) is 7.67. The van der Waals surface area contributed by atoms with Gasteiger partial charge < -0.3 is 4.90 Å². The van der Waals surface area contributed by atoms with Crippen molar-refractivity contribution in [1.82, 2.24) is 4.90 Å². The van der Waals surface area contributed by atoms with Gasteiger partial charge in [0, 0.05) is 6.54 Å². The largest absolute Gasteiger partial charge is 0.305 e. The highest BCUT2D eigenvalue weighted by Crippen LogP contribution is 1.94. The lowest BCUT2D eigenvalue weighted by atomic mass is 10.2. The molecule has 0 aromatic rings. The molecule has 0 heterocycles. The third-order valence-corrected chi connectivity index (χ3v) is 1.15. The van der Waals surface area contributed by atoms with E-state index >= 15 is 0 Å². The maximum Gasteiger partial charge on any atom is 0.0221 e. The van der Waals surface area contributed by atoms with Crippen molar-refractivity contribution in [2.75, 3.05) is 20.6 Å². The highest BCUT2D eigenvalue weighted by atomic mass is 15.0. The van der Waals surface area contributed by atoms with E-state index in [-0.39, 0.29) is 0 Å². The molecule has 0 amide bonds. The van der Waals surface area contributed by atoms with Crippen molar-refractivity contribution < 1.29 is 0 Å². The van der Waals surface area contributed by atoms with Gasteiger partial charge >= 0.3 is 0 Å². The molecular weight excluding hydrogens is 134 g/mol. The van der Waals surface area contributed by atoms with E-state index in [2.05, 4.69) is 11.5 Å². The molecule has 11 heavy (non-hydrogen) atoms. The van der Waals surface area contributed by atoms with Crippen LogP contribution >= 0.6 is 0 Å². The number of allylic oxidation sites excluding steroid dienone is 3. The van der Waals surface area contributed by atoms with Crippen LogP contribution in [0.15, 0.2) is 36.5 Å². The molecule has 0 saturated heterocycles. The molecule has 0 aliphatic heterocycles. The summed E-state index contributed by atoms with van der Waals surface area (Å²) in [5, 5.41) is 0. The average molecular weight is 151 g/mol. The standard InChI is InChI=1S/C10H17N/c1-5-6-7-8-10(2)9-11(3)4/h5-8H,2,9H2,1,3-4H3/b6-5-,8-7-. The lowest BCUT2D eigenvalue weighted by Gasteiger charge is -2.07. The fourth-order valence-corrected chi connectivity index (χ4v) is 0.762. The fourth-order valence-electron chi connectivity index (χ4n) is 0.762. The Kier molecular flexibility index (Phi) is 5.49. The minimum absolute atomic E-state index is 0.925. The molecule has 1 heteroatoms. The van der Waals surface area contributed by atoms with Crippen LogP contribution in [0.5, 0.6) is 0 Å². The van der Waals surface area contributed by atoms with Crippen molar-refractivity contribution in [3.8, 4) is 0 Å². The number of hydrogen-bond acceptors (Lipinski definition) is 1. The maximum atomic E-state index is 3.90. The van der Waals surface area contributed by atoms with Gasteiger partial charge in [0.2, 0.25) is 0 Å². The first-order valence-corrected chi connectivity index (χ1v) is 3.78. The van der Waals surface area contributed by atoms with Gasteiger partial charge in [-0.05, 0) is 26.6 Å². The van der Waals surface area contributed by atoms with Crippen LogP contribution in [0.1, 0.15) is 6.92 Å². The normalized spacial score (nSPS) is 12.0. The van der Waals surface area contributed by atoms with Crippen LogP contribution in [0.25, 0.3) is 0 Å². The topological polar surface area (TPSA) is 3.24 Å². The van der Waals surface area contributed by atoms with Gasteiger partial charge in [0.15, 0.2) is 0 Å². The molecule has 0 rings (SSSR count). The first-order chi connectivity index (χ1) is 5.16. The van der Waals surface area contributed by atoms with Crippen molar-refractivity contribution in [3.63, 3.8) is 0 Å². The van der Waals surface area contributed by atoms with Gasteiger partial charge in [-0.15, -0.1) is 0 Å². The van der Waals surface area contributed by atoms with Crippen LogP contribution in [-0.4, -0.2) is 25.5 Å². The predicted molar refractivity (Wildman–Crippen MR) is 51.6 cm³/mol. The van der Waals surface area contributed by atoms with Gasteiger partial charge in [-0.3, -0.25) is 0 Å². The van der Waals surface area contributed by atoms with Crippen molar-refractivity contribution in [1.29, 1.82) is 0 Å². The molecule has 0 spiro atoms. The molecule has 0 unspecified atom stereocenters. The Bertz CT molecular complexity index is 164. The van der Waals surface area contributed by atoms with E-state index in [0.717, 1.165) is 12.1 Å². The minimum Gasteiger partial charge on any atom is -0.305 e. The van der Waals surface area contributed by atoms with Crippen LogP contribution in [0.3, 0.4) is 0 Å². The summed E-state index contributed by atoms with van der Waals surface area (Å²) in [7, 11) is 4.07. The summed E-state index contributed by atoms with van der Waals surface area (Å²) in [4.78, 5) is 2.10. The van der Waals surface area contributed by atoms with Crippen molar-refractivity contribution >= 4 is 0 Å². The van der Waals surface area contributed by atoms with Gasteiger partial charge in [0.05, 0.1) is 0 Å². The van der Waals surface area contributed by atoms with Crippen LogP contribution in [0, 0.1) is 0 Å². The number of likely N-dealkylation sites (N-methyl/N-ethyl adjacent to an activating group) is 1. The smallest absolute Gasteiger partial charge is 0.0221 e. The summed E-state index contributed by atoms with van der Waals surface area (Å²) < 4.78 is 0. The Morgan fingerprint density at radius 3 is 2.45 bits per heavy atom. The Balaban J connectivity index is 3.69. The van der Waals surface area contributed by atoms with Crippen molar-refractivity contribution in [2.24, 2.45) is 0 Å². The van der Waals surface area contributed by atoms with E-state index in [0.29, 0.717) is 0 Å². The lowest BCUT2D eigenvalue weighted by molar-refractivity contribution is 0.449. The second-order valence-electron chi connectivity index (χ2n) is 2.78. The van der Waals surface area contributed by atoms with Gasteiger partial charge in [0.1, 0.15) is 0 Å². The lowest BCUT2D eigenvalue weighted by Crippen LogP contribution is -2.13. The molecule has 62 valence electrons. The van der Waals surface area contributed by atoms with Gasteiger partial charge in [0.25, 0.3) is 0 Å². The molecule has 0 fully saturated rings. The first kappa shape index (κ1) is 10.2. The quantitative estimate of drug-likeness (QED) is 0.557. The van der Waals surface area contributed by atoms with Gasteiger partial charge in [-0.25, -0.2) is 0 Å². The maximum absolute atomic E-state index is 3.90. The molecule has 0 radical (unpaired) electrons. The van der Waals surface area contributed by atoms with E-state index in [1.807, 2.05) is 45.3 Å². The summed E-state index contributed by atoms with van der Waals surface area (Å²) in [6.07, 6.45) is 8.03. The zero-order valence-corrected chi connectivity index (χ0v) is 7.67. The van der Waals surface area contributed by atoms with Gasteiger partial charge in [-0.2, -0.15) is 0 Å². The summed E-state index contributed by atoms with van der Waals surface area (Å²) >= 11 is 0. The predicted octanol–water partition coefficient (Wildman–Crippen LogP) is 2.24. The van der Waals surface area contributed by atoms with E-state index in [1.165, 1.54) is 0 Å². The highest BCUT2D eigenvalue weighted by Gasteiger charge is 1.89. The van der Waals surface area contributed by atoms with Crippen LogP contribution in [0.4, 0.5) is 0 Å². The molecule has 0 bridgehead atoms. The van der Waals surface area contributed by atoms with Crippen LogP contribution < -0.4 is 0 Å². The van der Waals surface area contributed by atoms with Crippen LogP contribution in [-0.2, 0) is 0 Å². The molecule has 0 N–H and O–H groups in total. The summed E-state index contributed by atoms with van der Waals surface area (Å²) in [6, 6.07) is 0. The molecule has 0 aliphatic carbocycles. The number of hydrogen-bond donors (Lipinski definition) is 0. The molecule has 0 saturated carbocycles. The van der Waals surface area contributed by atoms with Gasteiger partial charge in [-0.1, -0.05) is 30.9 Å². The zero-order chi connectivity index (χ0) is 8.69. The van der Waals surface area contributed by atoms with E-state index in [9.17, 15) is 0 Å². The van der Waals surface area contributed by atoms with E-state index in [4.69, 9.17) is 0 Å². The molecule has 0 aromatic heterocycles. The monoisotopic (exact) mass is 151 g/mol. The Labute approximate surface area is 69.7 Å². The Hall–Kier alpha value is -0.820. The molecule has 0 aromatic carbocycles. The molecule has 1 nitrogen and oxygen atoms in total. The second kappa shape index (κ2) is 5.93. The molecular formula is C10H17N. The summed E-state index contributed by atoms with van der Waals surface area (Å²) in [6.45, 7) is 6.83. The molecule has 0 atom stereocenters. The fraction of sp³-hybridized carbons (Fsp3) is 0.400. The highest BCUT2D eigenvalue weighted by molar-refractivity contribution is 5.19. The average Bonchev–Trinajstić information content (AvgIpc) is 1.86. The SMILES string of the molecule is C=C(/C=C\C=C/C)CN(C)C. The molecule has 0 aliphatic rings. The van der Waals surface area contributed by atoms with E-state index in [1.54, 1.807) is 0 Å². The number of rotatable bonds is 4.